The SMILES string of the molecule is CN1c2ccccc2OC1C=C1C=C(SCCC(=O)O)[N+](c2ccccc2)=CC1. The number of carboxylic acid groups (broad SMARTS) is 1. The second-order valence-electron chi connectivity index (χ2n) is 6.90. The Hall–Kier alpha value is -2.99. The summed E-state index contributed by atoms with van der Waals surface area (Å²) in [6.45, 7) is 0. The molecular weight excluding hydrogens is 384 g/mol. The second-order valence-corrected chi connectivity index (χ2v) is 8.01. The average Bonchev–Trinajstić information content (AvgIpc) is 3.04. The molecule has 2 aliphatic heterocycles. The summed E-state index contributed by atoms with van der Waals surface area (Å²) in [4.78, 5) is 13.1. The highest BCUT2D eigenvalue weighted by Crippen LogP contribution is 2.37. The molecule has 5 nitrogen and oxygen atoms in total. The van der Waals surface area contributed by atoms with Gasteiger partial charge in [0, 0.05) is 31.0 Å². The van der Waals surface area contributed by atoms with E-state index < -0.39 is 5.97 Å². The summed E-state index contributed by atoms with van der Waals surface area (Å²) in [5, 5.41) is 10.0. The third-order valence-corrected chi connectivity index (χ3v) is 5.91. The summed E-state index contributed by atoms with van der Waals surface area (Å²) in [6, 6.07) is 18.1. The maximum Gasteiger partial charge on any atom is 0.304 e. The van der Waals surface area contributed by atoms with Gasteiger partial charge in [-0.1, -0.05) is 42.1 Å². The third-order valence-electron chi connectivity index (χ3n) is 4.89. The smallest absolute Gasteiger partial charge is 0.304 e. The molecule has 2 aromatic carbocycles. The summed E-state index contributed by atoms with van der Waals surface area (Å²) in [5.74, 6) is 0.637. The maximum absolute atomic E-state index is 10.9. The van der Waals surface area contributed by atoms with Gasteiger partial charge < -0.3 is 14.7 Å². The van der Waals surface area contributed by atoms with Crippen molar-refractivity contribution in [1.29, 1.82) is 0 Å². The molecule has 2 aliphatic rings. The van der Waals surface area contributed by atoms with Gasteiger partial charge in [0.15, 0.2) is 12.4 Å². The van der Waals surface area contributed by atoms with Crippen LogP contribution in [-0.2, 0) is 4.79 Å². The van der Waals surface area contributed by atoms with Gasteiger partial charge in [0.05, 0.1) is 18.5 Å². The number of hydrogen-bond acceptors (Lipinski definition) is 4. The molecule has 0 fully saturated rings. The lowest BCUT2D eigenvalue weighted by atomic mass is 10.1. The first-order valence-corrected chi connectivity index (χ1v) is 10.5. The second kappa shape index (κ2) is 8.57. The average molecular weight is 408 g/mol. The molecule has 148 valence electrons. The molecule has 0 amide bonds. The minimum absolute atomic E-state index is 0.132. The number of para-hydroxylation sites is 3. The predicted octanol–water partition coefficient (Wildman–Crippen LogP) is 4.64. The molecule has 0 saturated carbocycles. The van der Waals surface area contributed by atoms with E-state index in [1.54, 1.807) is 11.8 Å². The molecule has 0 aromatic heterocycles. The van der Waals surface area contributed by atoms with Gasteiger partial charge in [-0.3, -0.25) is 4.79 Å². The lowest BCUT2D eigenvalue weighted by molar-refractivity contribution is -0.365. The lowest BCUT2D eigenvalue weighted by Gasteiger charge is -2.19. The molecule has 1 unspecified atom stereocenters. The number of allylic oxidation sites excluding steroid dienone is 2. The maximum atomic E-state index is 10.9. The van der Waals surface area contributed by atoms with Crippen LogP contribution in [0.15, 0.2) is 77.4 Å². The van der Waals surface area contributed by atoms with Gasteiger partial charge in [-0.05, 0) is 23.8 Å². The number of ether oxygens (including phenoxy) is 1. The number of aliphatic carboxylic acids is 1. The van der Waals surface area contributed by atoms with Gasteiger partial charge >= 0.3 is 5.97 Å². The minimum Gasteiger partial charge on any atom is -0.481 e. The first kappa shape index (κ1) is 19.3. The van der Waals surface area contributed by atoms with Crippen LogP contribution in [0.5, 0.6) is 5.75 Å². The van der Waals surface area contributed by atoms with Crippen molar-refractivity contribution in [3.05, 3.63) is 77.4 Å². The number of hydrogen-bond donors (Lipinski definition) is 1. The zero-order chi connectivity index (χ0) is 20.2. The van der Waals surface area contributed by atoms with Gasteiger partial charge in [-0.15, -0.1) is 0 Å². The van der Waals surface area contributed by atoms with E-state index in [-0.39, 0.29) is 12.6 Å². The van der Waals surface area contributed by atoms with E-state index in [9.17, 15) is 4.79 Å². The Morgan fingerprint density at radius 2 is 2.00 bits per heavy atom. The van der Waals surface area contributed by atoms with E-state index in [1.165, 1.54) is 0 Å². The number of benzene rings is 2. The monoisotopic (exact) mass is 407 g/mol. The fraction of sp³-hybridized carbons (Fsp3) is 0.217. The van der Waals surface area contributed by atoms with Crippen molar-refractivity contribution >= 4 is 35.3 Å². The summed E-state index contributed by atoms with van der Waals surface area (Å²) in [6.07, 6.45) is 7.18. The third kappa shape index (κ3) is 4.38. The molecule has 6 heteroatoms. The summed E-state index contributed by atoms with van der Waals surface area (Å²) < 4.78 is 8.23. The van der Waals surface area contributed by atoms with Gasteiger partial charge in [-0.2, -0.15) is 4.58 Å². The van der Waals surface area contributed by atoms with Crippen LogP contribution in [0.4, 0.5) is 11.4 Å². The Morgan fingerprint density at radius 1 is 1.24 bits per heavy atom. The standard InChI is InChI=1S/C23H22N2O3S/c1-24-19-9-5-6-10-20(19)28-21(24)15-17-11-13-25(18-7-3-2-4-8-18)22(16-17)29-14-12-23(26)27/h2-10,13,15-16,21H,11-12,14H2,1H3/p+1. The molecule has 0 spiro atoms. The Morgan fingerprint density at radius 3 is 2.76 bits per heavy atom. The highest BCUT2D eigenvalue weighted by molar-refractivity contribution is 8.02. The molecule has 1 atom stereocenters. The van der Waals surface area contributed by atoms with Gasteiger partial charge in [-0.25, -0.2) is 0 Å². The molecule has 0 aliphatic carbocycles. The van der Waals surface area contributed by atoms with Crippen molar-refractivity contribution in [3.63, 3.8) is 0 Å². The number of fused-ring (bicyclic) bond motifs is 1. The van der Waals surface area contributed by atoms with E-state index >= 15 is 0 Å². The number of likely N-dealkylation sites (N-methyl/N-ethyl adjacent to an activating group) is 1. The van der Waals surface area contributed by atoms with E-state index in [4.69, 9.17) is 9.84 Å². The van der Waals surface area contributed by atoms with Crippen LogP contribution in [0.2, 0.25) is 0 Å². The highest BCUT2D eigenvalue weighted by Gasteiger charge is 2.28. The van der Waals surface area contributed by atoms with Crippen LogP contribution in [-0.4, -0.2) is 40.9 Å². The molecule has 4 rings (SSSR count). The van der Waals surface area contributed by atoms with Crippen LogP contribution in [0.25, 0.3) is 0 Å². The Balaban J connectivity index is 1.57. The number of thioether (sulfide) groups is 1. The van der Waals surface area contributed by atoms with Crippen molar-refractivity contribution in [2.75, 3.05) is 17.7 Å². The molecule has 29 heavy (non-hydrogen) atoms. The highest BCUT2D eigenvalue weighted by atomic mass is 32.2. The molecule has 0 bridgehead atoms. The number of carboxylic acids is 1. The van der Waals surface area contributed by atoms with Crippen LogP contribution in [0.1, 0.15) is 12.8 Å². The van der Waals surface area contributed by atoms with E-state index in [2.05, 4.69) is 46.0 Å². The van der Waals surface area contributed by atoms with Crippen LogP contribution in [0.3, 0.4) is 0 Å². The van der Waals surface area contributed by atoms with Crippen LogP contribution >= 0.6 is 11.8 Å². The first-order valence-electron chi connectivity index (χ1n) is 9.55. The molecule has 2 heterocycles. The Labute approximate surface area is 174 Å². The van der Waals surface area contributed by atoms with Crippen molar-refractivity contribution in [3.8, 4) is 5.75 Å². The Bertz CT molecular complexity index is 998. The van der Waals surface area contributed by atoms with E-state index in [0.717, 1.165) is 34.1 Å². The fourth-order valence-electron chi connectivity index (χ4n) is 3.39. The summed E-state index contributed by atoms with van der Waals surface area (Å²) in [7, 11) is 2.03. The molecule has 2 aromatic rings. The van der Waals surface area contributed by atoms with Crippen molar-refractivity contribution < 1.29 is 19.2 Å². The van der Waals surface area contributed by atoms with Crippen molar-refractivity contribution in [2.24, 2.45) is 0 Å². The zero-order valence-electron chi connectivity index (χ0n) is 16.2. The van der Waals surface area contributed by atoms with Gasteiger partial charge in [0.2, 0.25) is 10.7 Å². The molecular formula is C23H23N2O3S+. The molecule has 0 saturated heterocycles. The largest absolute Gasteiger partial charge is 0.481 e. The summed E-state index contributed by atoms with van der Waals surface area (Å²) in [5.41, 5.74) is 3.31. The minimum atomic E-state index is -0.779. The number of carbonyl (C=O) groups is 1. The van der Waals surface area contributed by atoms with Gasteiger partial charge in [0.1, 0.15) is 5.75 Å². The zero-order valence-corrected chi connectivity index (χ0v) is 17.0. The number of nitrogens with zero attached hydrogens (tertiary/aromatic N) is 2. The quantitative estimate of drug-likeness (QED) is 0.707. The van der Waals surface area contributed by atoms with Crippen molar-refractivity contribution in [1.82, 2.24) is 0 Å². The van der Waals surface area contributed by atoms with Crippen LogP contribution in [0, 0.1) is 0 Å². The van der Waals surface area contributed by atoms with Gasteiger partial charge in [0.25, 0.3) is 0 Å². The van der Waals surface area contributed by atoms with E-state index in [1.807, 2.05) is 43.4 Å². The summed E-state index contributed by atoms with van der Waals surface area (Å²) >= 11 is 1.56. The molecule has 1 N–H and O–H groups in total. The number of rotatable bonds is 6. The fourth-order valence-corrected chi connectivity index (χ4v) is 4.43. The topological polar surface area (TPSA) is 52.8 Å². The first-order chi connectivity index (χ1) is 14.1. The number of anilines is 1. The van der Waals surface area contributed by atoms with Crippen molar-refractivity contribution in [2.45, 2.75) is 19.1 Å². The van der Waals surface area contributed by atoms with Crippen LogP contribution < -0.4 is 9.64 Å². The van der Waals surface area contributed by atoms with E-state index in [0.29, 0.717) is 5.75 Å². The Kier molecular flexibility index (Phi) is 5.71. The predicted molar refractivity (Wildman–Crippen MR) is 117 cm³/mol. The lowest BCUT2D eigenvalue weighted by Crippen LogP contribution is -2.29. The normalized spacial score (nSPS) is 19.4. The molecule has 0 radical (unpaired) electrons.